The maximum atomic E-state index is 10.7. The highest BCUT2D eigenvalue weighted by Gasteiger charge is 2.44. The van der Waals surface area contributed by atoms with Gasteiger partial charge in [-0.2, -0.15) is 34.2 Å². The molecule has 0 aromatic rings. The van der Waals surface area contributed by atoms with Crippen LogP contribution >= 0.6 is 12.6 Å². The lowest BCUT2D eigenvalue weighted by Crippen LogP contribution is -2.21. The van der Waals surface area contributed by atoms with Crippen molar-refractivity contribution in [3.05, 3.63) is 0 Å². The van der Waals surface area contributed by atoms with Crippen molar-refractivity contribution in [1.29, 1.82) is 0 Å². The average Bonchev–Trinajstić information content (AvgIpc) is 1.80. The number of rotatable bonds is 1. The quantitative estimate of drug-likeness (QED) is 0.431. The largest absolute Gasteiger partial charge is 0.522 e. The summed E-state index contributed by atoms with van der Waals surface area (Å²) in [6.45, 7) is 5.09. The minimum absolute atomic E-state index is 0.107. The normalized spacial score (nSPS) is 12.8. The molecule has 0 aliphatic carbocycles. The second-order valence-corrected chi connectivity index (χ2v) is 5.57. The Labute approximate surface area is 91.0 Å². The zero-order valence-electron chi connectivity index (χ0n) is 8.16. The fourth-order valence-corrected chi connectivity index (χ4v) is 0. The number of hydrogen-bond donors (Lipinski definition) is 2. The van der Waals surface area contributed by atoms with Crippen LogP contribution in [-0.2, 0) is 14.9 Å². The topological polar surface area (TPSA) is 71.4 Å². The fourth-order valence-electron chi connectivity index (χ4n) is 0. The molecule has 0 amide bonds. The van der Waals surface area contributed by atoms with E-state index in [0.29, 0.717) is 0 Å². The zero-order chi connectivity index (χ0) is 13.1. The first-order valence-electron chi connectivity index (χ1n) is 3.46. The van der Waals surface area contributed by atoms with Crippen molar-refractivity contribution in [2.45, 2.75) is 31.0 Å². The number of thiol groups is 1. The van der Waals surface area contributed by atoms with Crippen LogP contribution in [0.1, 0.15) is 20.8 Å². The first-order chi connectivity index (χ1) is 6.19. The molecule has 0 aromatic carbocycles. The summed E-state index contributed by atoms with van der Waals surface area (Å²) in [5.74, 6) is 0.107. The van der Waals surface area contributed by atoms with Gasteiger partial charge in [0.1, 0.15) is 5.78 Å². The third-order valence-corrected chi connectivity index (χ3v) is 2.05. The molecular weight excluding hydrogens is 257 g/mol. The molecule has 1 N–H and O–H groups in total. The zero-order valence-corrected chi connectivity index (χ0v) is 9.87. The van der Waals surface area contributed by atoms with E-state index >= 15 is 0 Å². The second-order valence-electron chi connectivity index (χ2n) is 3.04. The lowest BCUT2D eigenvalue weighted by atomic mass is 10.1. The first kappa shape index (κ1) is 17.1. The molecule has 0 unspecified atom stereocenters. The molecule has 4 nitrogen and oxygen atoms in total. The molecule has 15 heavy (non-hydrogen) atoms. The number of halogens is 3. The van der Waals surface area contributed by atoms with Gasteiger partial charge >= 0.3 is 15.6 Å². The number of Topliss-reactive ketones (excluding diaryl/α,β-unsaturated/α-hetero) is 1. The summed E-state index contributed by atoms with van der Waals surface area (Å²) in [4.78, 5) is 10.4. The van der Waals surface area contributed by atoms with E-state index in [1.165, 1.54) is 6.92 Å². The van der Waals surface area contributed by atoms with Gasteiger partial charge in [0, 0.05) is 0 Å². The molecule has 0 spiro atoms. The summed E-state index contributed by atoms with van der Waals surface area (Å²) in [5, 5.41) is 0. The lowest BCUT2D eigenvalue weighted by molar-refractivity contribution is -0.118. The van der Waals surface area contributed by atoms with E-state index < -0.39 is 20.4 Å². The Bertz CT molecular complexity index is 312. The van der Waals surface area contributed by atoms with Crippen LogP contribution < -0.4 is 0 Å². The van der Waals surface area contributed by atoms with Crippen LogP contribution in [0, 0.1) is 0 Å². The van der Waals surface area contributed by atoms with Crippen molar-refractivity contribution >= 4 is 28.5 Å². The smallest absolute Gasteiger partial charge is 0.298 e. The predicted octanol–water partition coefficient (Wildman–Crippen LogP) is 1.68. The van der Waals surface area contributed by atoms with E-state index in [4.69, 9.17) is 13.0 Å². The summed E-state index contributed by atoms with van der Waals surface area (Å²) >= 11 is 4.00. The second kappa shape index (κ2) is 5.17. The van der Waals surface area contributed by atoms with Gasteiger partial charge in [-0.25, -0.2) is 0 Å². The number of carbonyl (C=O) groups is 1. The third kappa shape index (κ3) is 8.70. The monoisotopic (exact) mass is 268 g/mol. The van der Waals surface area contributed by atoms with Crippen molar-refractivity contribution in [2.75, 3.05) is 0 Å². The van der Waals surface area contributed by atoms with Crippen LogP contribution in [-0.4, -0.2) is 29.0 Å². The van der Waals surface area contributed by atoms with Gasteiger partial charge < -0.3 is 0 Å². The van der Waals surface area contributed by atoms with E-state index in [2.05, 4.69) is 12.6 Å². The highest BCUT2D eigenvalue weighted by Crippen LogP contribution is 2.20. The molecular formula is C6H11F3O4S2. The van der Waals surface area contributed by atoms with Gasteiger partial charge in [-0.1, -0.05) is 0 Å². The molecule has 0 atom stereocenters. The lowest BCUT2D eigenvalue weighted by Gasteiger charge is -2.10. The summed E-state index contributed by atoms with van der Waals surface area (Å²) in [6.07, 6.45) is 0. The molecule has 0 saturated heterocycles. The number of ketones is 1. The standard InChI is InChI=1S/C5H10OS.CHF3O3S/c1-4(6)5(2,3)7;2-1(3,4)8(5,6)7/h7H,1-3H3;(H,5,6,7). The van der Waals surface area contributed by atoms with Crippen molar-refractivity contribution in [3.8, 4) is 0 Å². The van der Waals surface area contributed by atoms with Crippen molar-refractivity contribution in [3.63, 3.8) is 0 Å². The molecule has 0 aromatic heterocycles. The van der Waals surface area contributed by atoms with Gasteiger partial charge in [0.05, 0.1) is 4.75 Å². The van der Waals surface area contributed by atoms with Gasteiger partial charge in [-0.05, 0) is 20.8 Å². The Hall–Kier alpha value is -0.280. The summed E-state index contributed by atoms with van der Waals surface area (Å²) in [5.41, 5.74) is -5.53. The molecule has 0 rings (SSSR count). The molecule has 0 saturated carbocycles. The van der Waals surface area contributed by atoms with E-state index in [9.17, 15) is 18.0 Å². The maximum absolute atomic E-state index is 10.7. The number of hydrogen-bond acceptors (Lipinski definition) is 4. The van der Waals surface area contributed by atoms with Crippen molar-refractivity contribution in [2.24, 2.45) is 0 Å². The van der Waals surface area contributed by atoms with Gasteiger partial charge in [0.25, 0.3) is 0 Å². The molecule has 0 bridgehead atoms. The number of carbonyl (C=O) groups excluding carboxylic acids is 1. The highest BCUT2D eigenvalue weighted by atomic mass is 32.2. The first-order valence-corrected chi connectivity index (χ1v) is 5.35. The summed E-state index contributed by atoms with van der Waals surface area (Å²) < 4.78 is 57.1. The fraction of sp³-hybridized carbons (Fsp3) is 0.833. The predicted molar refractivity (Wildman–Crippen MR) is 51.3 cm³/mol. The van der Waals surface area contributed by atoms with Crippen molar-refractivity contribution in [1.82, 2.24) is 0 Å². The van der Waals surface area contributed by atoms with E-state index in [1.807, 2.05) is 0 Å². The van der Waals surface area contributed by atoms with Crippen LogP contribution in [0.2, 0.25) is 0 Å². The Kier molecular flexibility index (Phi) is 5.90. The molecule has 9 heteroatoms. The third-order valence-electron chi connectivity index (χ3n) is 1.15. The average molecular weight is 268 g/mol. The van der Waals surface area contributed by atoms with Crippen LogP contribution in [0.25, 0.3) is 0 Å². The van der Waals surface area contributed by atoms with Crippen LogP contribution in [0.15, 0.2) is 0 Å². The van der Waals surface area contributed by atoms with Gasteiger partial charge in [-0.3, -0.25) is 9.35 Å². The Morgan fingerprint density at radius 1 is 1.27 bits per heavy atom. The van der Waals surface area contributed by atoms with Crippen LogP contribution in [0.4, 0.5) is 13.2 Å². The minimum atomic E-state index is -5.84. The molecule has 0 fully saturated rings. The highest BCUT2D eigenvalue weighted by molar-refractivity contribution is 7.86. The minimum Gasteiger partial charge on any atom is -0.298 e. The van der Waals surface area contributed by atoms with Crippen LogP contribution in [0.5, 0.6) is 0 Å². The van der Waals surface area contributed by atoms with Crippen molar-refractivity contribution < 1.29 is 30.9 Å². The molecule has 92 valence electrons. The van der Waals surface area contributed by atoms with Gasteiger partial charge in [0.15, 0.2) is 0 Å². The van der Waals surface area contributed by atoms with Gasteiger partial charge in [0.2, 0.25) is 0 Å². The van der Waals surface area contributed by atoms with Gasteiger partial charge in [-0.15, -0.1) is 0 Å². The molecule has 0 aliphatic heterocycles. The summed E-state index contributed by atoms with van der Waals surface area (Å²) in [7, 11) is -5.84. The molecule has 0 radical (unpaired) electrons. The Morgan fingerprint density at radius 3 is 1.40 bits per heavy atom. The SMILES string of the molecule is CC(=O)C(C)(C)S.O=S(=O)(O)C(F)(F)F. The molecule has 0 aliphatic rings. The van der Waals surface area contributed by atoms with E-state index in [-0.39, 0.29) is 5.78 Å². The molecule has 0 heterocycles. The summed E-state index contributed by atoms with van der Waals surface area (Å²) in [6, 6.07) is 0. The Morgan fingerprint density at radius 2 is 1.40 bits per heavy atom. The van der Waals surface area contributed by atoms with E-state index in [1.54, 1.807) is 13.8 Å². The number of alkyl halides is 3. The Balaban J connectivity index is 0. The van der Waals surface area contributed by atoms with E-state index in [0.717, 1.165) is 0 Å². The van der Waals surface area contributed by atoms with Crippen LogP contribution in [0.3, 0.4) is 0 Å². The maximum Gasteiger partial charge on any atom is 0.522 e.